The lowest BCUT2D eigenvalue weighted by Crippen LogP contribution is -2.13. The van der Waals surface area contributed by atoms with E-state index < -0.39 is 0 Å². The molecule has 0 spiro atoms. The quantitative estimate of drug-likeness (QED) is 0.773. The number of thioether (sulfide) groups is 1. The predicted molar refractivity (Wildman–Crippen MR) is 64.9 cm³/mol. The first-order chi connectivity index (χ1) is 6.58. The molecule has 0 fully saturated rings. The van der Waals surface area contributed by atoms with Crippen molar-refractivity contribution in [1.82, 2.24) is 4.98 Å². The molecule has 0 aliphatic heterocycles. The summed E-state index contributed by atoms with van der Waals surface area (Å²) in [6.07, 6.45) is 1.80. The highest BCUT2D eigenvalue weighted by Gasteiger charge is 2.09. The minimum absolute atomic E-state index is 0.353. The molecule has 0 atom stereocenters. The second kappa shape index (κ2) is 5.25. The van der Waals surface area contributed by atoms with Crippen molar-refractivity contribution in [3.8, 4) is 0 Å². The molecule has 1 heterocycles. The van der Waals surface area contributed by atoms with E-state index in [-0.39, 0.29) is 0 Å². The van der Waals surface area contributed by atoms with Crippen molar-refractivity contribution in [3.05, 3.63) is 24.4 Å². The maximum atomic E-state index is 4.19. The van der Waals surface area contributed by atoms with Crippen LogP contribution < -0.4 is 5.32 Å². The lowest BCUT2D eigenvalue weighted by Gasteiger charge is -2.17. The summed E-state index contributed by atoms with van der Waals surface area (Å²) in [6, 6.07) is 5.91. The van der Waals surface area contributed by atoms with E-state index in [0.717, 1.165) is 18.1 Å². The largest absolute Gasteiger partial charge is 0.369 e. The fourth-order valence-electron chi connectivity index (χ4n) is 1.00. The fourth-order valence-corrected chi connectivity index (χ4v) is 1.82. The highest BCUT2D eigenvalue weighted by atomic mass is 32.2. The van der Waals surface area contributed by atoms with Gasteiger partial charge in [0.15, 0.2) is 0 Å². The summed E-state index contributed by atoms with van der Waals surface area (Å²) >= 11 is 1.96. The first-order valence-electron chi connectivity index (χ1n) is 4.87. The molecular weight excluding hydrogens is 192 g/mol. The number of nitrogens with one attached hydrogen (secondary N) is 1. The maximum absolute atomic E-state index is 4.19. The van der Waals surface area contributed by atoms with Crippen LogP contribution in [0.3, 0.4) is 0 Å². The average Bonchev–Trinajstić information content (AvgIpc) is 2.13. The molecule has 1 aromatic heterocycles. The summed E-state index contributed by atoms with van der Waals surface area (Å²) in [4.78, 5) is 4.19. The lowest BCUT2D eigenvalue weighted by atomic mass is 10.3. The van der Waals surface area contributed by atoms with Gasteiger partial charge in [0.2, 0.25) is 0 Å². The van der Waals surface area contributed by atoms with Crippen LogP contribution in [0.1, 0.15) is 20.8 Å². The minimum atomic E-state index is 0.353. The average molecular weight is 210 g/mol. The van der Waals surface area contributed by atoms with Crippen LogP contribution >= 0.6 is 11.8 Å². The highest BCUT2D eigenvalue weighted by molar-refractivity contribution is 8.00. The Hall–Kier alpha value is -0.700. The van der Waals surface area contributed by atoms with E-state index in [2.05, 4.69) is 31.1 Å². The Balaban J connectivity index is 2.17. The zero-order valence-corrected chi connectivity index (χ0v) is 9.90. The molecule has 1 aromatic rings. The van der Waals surface area contributed by atoms with Crippen LogP contribution in [0, 0.1) is 0 Å². The Kier molecular flexibility index (Phi) is 4.26. The molecule has 0 unspecified atom stereocenters. The lowest BCUT2D eigenvalue weighted by molar-refractivity contribution is 0.802. The molecule has 0 saturated heterocycles. The number of nitrogens with zero attached hydrogens (tertiary/aromatic N) is 1. The van der Waals surface area contributed by atoms with Gasteiger partial charge in [-0.1, -0.05) is 26.8 Å². The Morgan fingerprint density at radius 2 is 2.14 bits per heavy atom. The molecule has 0 amide bonds. The maximum Gasteiger partial charge on any atom is 0.125 e. The van der Waals surface area contributed by atoms with Gasteiger partial charge in [-0.25, -0.2) is 4.98 Å². The second-order valence-electron chi connectivity index (χ2n) is 4.10. The van der Waals surface area contributed by atoms with Crippen LogP contribution in [0.25, 0.3) is 0 Å². The fraction of sp³-hybridized carbons (Fsp3) is 0.545. The molecule has 0 aromatic carbocycles. The molecular formula is C11H18N2S. The molecule has 1 rings (SSSR count). The third kappa shape index (κ3) is 5.12. The molecule has 3 heteroatoms. The van der Waals surface area contributed by atoms with Gasteiger partial charge in [0, 0.05) is 23.2 Å². The smallest absolute Gasteiger partial charge is 0.125 e. The predicted octanol–water partition coefficient (Wildman–Crippen LogP) is 3.03. The molecule has 2 nitrogen and oxygen atoms in total. The number of aromatic nitrogens is 1. The molecule has 0 aliphatic rings. The van der Waals surface area contributed by atoms with E-state index in [9.17, 15) is 0 Å². The van der Waals surface area contributed by atoms with Crippen molar-refractivity contribution in [1.29, 1.82) is 0 Å². The zero-order valence-electron chi connectivity index (χ0n) is 9.08. The van der Waals surface area contributed by atoms with Crippen LogP contribution in [0.2, 0.25) is 0 Å². The number of rotatable bonds is 4. The van der Waals surface area contributed by atoms with Crippen LogP contribution in [-0.4, -0.2) is 22.0 Å². The number of hydrogen-bond acceptors (Lipinski definition) is 3. The van der Waals surface area contributed by atoms with Gasteiger partial charge in [-0.15, -0.1) is 0 Å². The summed E-state index contributed by atoms with van der Waals surface area (Å²) in [6.45, 7) is 7.67. The molecule has 0 bridgehead atoms. The SMILES string of the molecule is CC(C)(C)SCCNc1ccccn1. The van der Waals surface area contributed by atoms with Gasteiger partial charge in [-0.3, -0.25) is 0 Å². The van der Waals surface area contributed by atoms with Crippen LogP contribution in [-0.2, 0) is 0 Å². The van der Waals surface area contributed by atoms with Crippen molar-refractivity contribution in [2.24, 2.45) is 0 Å². The number of pyridine rings is 1. The summed E-state index contributed by atoms with van der Waals surface area (Å²) in [5.41, 5.74) is 0. The number of hydrogen-bond donors (Lipinski definition) is 1. The zero-order chi connectivity index (χ0) is 10.4. The standard InChI is InChI=1S/C11H18N2S/c1-11(2,3)14-9-8-13-10-6-4-5-7-12-10/h4-7H,8-9H2,1-3H3,(H,12,13). The monoisotopic (exact) mass is 210 g/mol. The summed E-state index contributed by atoms with van der Waals surface area (Å²) in [7, 11) is 0. The van der Waals surface area contributed by atoms with Crippen molar-refractivity contribution >= 4 is 17.6 Å². The van der Waals surface area contributed by atoms with Gasteiger partial charge in [0.05, 0.1) is 0 Å². The van der Waals surface area contributed by atoms with E-state index >= 15 is 0 Å². The van der Waals surface area contributed by atoms with E-state index in [1.165, 1.54) is 0 Å². The molecule has 1 N–H and O–H groups in total. The van der Waals surface area contributed by atoms with E-state index in [4.69, 9.17) is 0 Å². The van der Waals surface area contributed by atoms with E-state index in [1.54, 1.807) is 6.20 Å². The van der Waals surface area contributed by atoms with Gasteiger partial charge in [-0.2, -0.15) is 11.8 Å². The summed E-state index contributed by atoms with van der Waals surface area (Å²) in [5.74, 6) is 2.07. The van der Waals surface area contributed by atoms with Gasteiger partial charge in [0.25, 0.3) is 0 Å². The Morgan fingerprint density at radius 1 is 1.36 bits per heavy atom. The van der Waals surface area contributed by atoms with Crippen molar-refractivity contribution in [3.63, 3.8) is 0 Å². The van der Waals surface area contributed by atoms with Gasteiger partial charge >= 0.3 is 0 Å². The van der Waals surface area contributed by atoms with Crippen molar-refractivity contribution in [2.75, 3.05) is 17.6 Å². The minimum Gasteiger partial charge on any atom is -0.369 e. The molecule has 0 saturated carbocycles. The Morgan fingerprint density at radius 3 is 2.71 bits per heavy atom. The molecule has 0 aliphatic carbocycles. The van der Waals surface area contributed by atoms with E-state index in [0.29, 0.717) is 4.75 Å². The molecule has 14 heavy (non-hydrogen) atoms. The van der Waals surface area contributed by atoms with Gasteiger partial charge in [0.1, 0.15) is 5.82 Å². The number of anilines is 1. The van der Waals surface area contributed by atoms with Crippen LogP contribution in [0.4, 0.5) is 5.82 Å². The normalized spacial score (nSPS) is 11.4. The first-order valence-corrected chi connectivity index (χ1v) is 5.85. The summed E-state index contributed by atoms with van der Waals surface area (Å²) < 4.78 is 0.353. The topological polar surface area (TPSA) is 24.9 Å². The third-order valence-corrected chi connectivity index (χ3v) is 2.88. The molecule has 78 valence electrons. The Labute approximate surface area is 90.5 Å². The first kappa shape index (κ1) is 11.4. The van der Waals surface area contributed by atoms with Gasteiger partial charge < -0.3 is 5.32 Å². The molecule has 0 radical (unpaired) electrons. The van der Waals surface area contributed by atoms with Crippen LogP contribution in [0.5, 0.6) is 0 Å². The third-order valence-electron chi connectivity index (χ3n) is 1.61. The van der Waals surface area contributed by atoms with Crippen molar-refractivity contribution in [2.45, 2.75) is 25.5 Å². The highest BCUT2D eigenvalue weighted by Crippen LogP contribution is 2.22. The Bertz CT molecular complexity index is 254. The second-order valence-corrected chi connectivity index (χ2v) is 6.02. The van der Waals surface area contributed by atoms with Crippen molar-refractivity contribution < 1.29 is 0 Å². The summed E-state index contributed by atoms with van der Waals surface area (Å²) in [5, 5.41) is 3.29. The van der Waals surface area contributed by atoms with Crippen LogP contribution in [0.15, 0.2) is 24.4 Å². The van der Waals surface area contributed by atoms with Gasteiger partial charge in [-0.05, 0) is 12.1 Å². The van der Waals surface area contributed by atoms with E-state index in [1.807, 2.05) is 30.0 Å².